The maximum Gasteiger partial charge on any atom is 0.308 e. The summed E-state index contributed by atoms with van der Waals surface area (Å²) in [4.78, 5) is 39.5. The second kappa shape index (κ2) is 13.8. The molecule has 7 heteroatoms. The Morgan fingerprint density at radius 3 is 2.68 bits per heavy atom. The molecule has 2 atom stereocenters. The number of esters is 1. The summed E-state index contributed by atoms with van der Waals surface area (Å²) in [6, 6.07) is 9.05. The molecule has 1 aromatic carbocycles. The standard InChI is InChI=1S/C27H37N3O4/c1-2-24(19-26(32)34-18-14-21-7-4-3-5-8-21)29-27(33)23-9-6-17-30(20-23)25(31)11-10-22-12-15-28-16-13-22/h1,3-5,7-8,22-24,28H,6,9-20H2,(H,29,33)/t23-,24-/m1/s1. The molecule has 2 aliphatic rings. The zero-order valence-electron chi connectivity index (χ0n) is 20.0. The molecular formula is C27H37N3O4. The predicted octanol–water partition coefficient (Wildman–Crippen LogP) is 2.30. The monoisotopic (exact) mass is 467 g/mol. The lowest BCUT2D eigenvalue weighted by atomic mass is 9.92. The second-order valence-corrected chi connectivity index (χ2v) is 9.30. The van der Waals surface area contributed by atoms with Crippen LogP contribution in [0.5, 0.6) is 0 Å². The first kappa shape index (κ1) is 25.8. The van der Waals surface area contributed by atoms with E-state index in [0.29, 0.717) is 38.3 Å². The number of nitrogens with one attached hydrogen (secondary N) is 2. The SMILES string of the molecule is C#C[C@H](CC(=O)OCCc1ccccc1)NC(=O)[C@@H]1CCCN(C(=O)CCC2CCNCC2)C1. The minimum atomic E-state index is -0.720. The maximum absolute atomic E-state index is 12.8. The molecule has 184 valence electrons. The van der Waals surface area contributed by atoms with Crippen LogP contribution in [0.4, 0.5) is 0 Å². The molecular weight excluding hydrogens is 430 g/mol. The Bertz CT molecular complexity index is 845. The molecule has 7 nitrogen and oxygen atoms in total. The van der Waals surface area contributed by atoms with Crippen molar-refractivity contribution in [3.8, 4) is 12.3 Å². The van der Waals surface area contributed by atoms with Crippen molar-refractivity contribution in [3.63, 3.8) is 0 Å². The highest BCUT2D eigenvalue weighted by Crippen LogP contribution is 2.21. The van der Waals surface area contributed by atoms with Crippen LogP contribution in [-0.2, 0) is 25.5 Å². The number of amides is 2. The lowest BCUT2D eigenvalue weighted by molar-refractivity contribution is -0.143. The number of terminal acetylenes is 1. The van der Waals surface area contributed by atoms with Crippen molar-refractivity contribution in [1.82, 2.24) is 15.5 Å². The van der Waals surface area contributed by atoms with E-state index in [1.807, 2.05) is 35.2 Å². The van der Waals surface area contributed by atoms with E-state index in [9.17, 15) is 14.4 Å². The van der Waals surface area contributed by atoms with E-state index in [2.05, 4.69) is 16.6 Å². The molecule has 0 saturated carbocycles. The third-order valence-electron chi connectivity index (χ3n) is 6.76. The van der Waals surface area contributed by atoms with Gasteiger partial charge in [0.05, 0.1) is 18.9 Å². The van der Waals surface area contributed by atoms with Crippen molar-refractivity contribution < 1.29 is 19.1 Å². The van der Waals surface area contributed by atoms with Crippen molar-refractivity contribution in [1.29, 1.82) is 0 Å². The predicted molar refractivity (Wildman–Crippen MR) is 131 cm³/mol. The Labute approximate surface area is 203 Å². The van der Waals surface area contributed by atoms with Gasteiger partial charge in [-0.25, -0.2) is 0 Å². The highest BCUT2D eigenvalue weighted by Gasteiger charge is 2.30. The normalized spacial score (nSPS) is 19.6. The van der Waals surface area contributed by atoms with Crippen LogP contribution in [0.15, 0.2) is 30.3 Å². The summed E-state index contributed by atoms with van der Waals surface area (Å²) in [6.07, 6.45) is 11.3. The summed E-state index contributed by atoms with van der Waals surface area (Å²) in [5, 5.41) is 6.15. The fraction of sp³-hybridized carbons (Fsp3) is 0.593. The van der Waals surface area contributed by atoms with Gasteiger partial charge < -0.3 is 20.3 Å². The van der Waals surface area contributed by atoms with Gasteiger partial charge in [0.2, 0.25) is 11.8 Å². The van der Waals surface area contributed by atoms with Gasteiger partial charge in [0.1, 0.15) is 6.04 Å². The number of nitrogens with zero attached hydrogens (tertiary/aromatic N) is 1. The molecule has 34 heavy (non-hydrogen) atoms. The summed E-state index contributed by atoms with van der Waals surface area (Å²) in [7, 11) is 0. The Hall–Kier alpha value is -2.85. The smallest absolute Gasteiger partial charge is 0.308 e. The molecule has 2 N–H and O–H groups in total. The van der Waals surface area contributed by atoms with Gasteiger partial charge in [-0.05, 0) is 56.7 Å². The number of carbonyl (C=O) groups excluding carboxylic acids is 3. The Kier molecular flexibility index (Phi) is 10.4. The Morgan fingerprint density at radius 2 is 1.94 bits per heavy atom. The van der Waals surface area contributed by atoms with Gasteiger partial charge in [0.25, 0.3) is 0 Å². The lowest BCUT2D eigenvalue weighted by Crippen LogP contribution is -2.47. The number of piperidine rings is 2. The zero-order chi connectivity index (χ0) is 24.2. The molecule has 0 aromatic heterocycles. The summed E-state index contributed by atoms with van der Waals surface area (Å²) in [5.74, 6) is 2.29. The lowest BCUT2D eigenvalue weighted by Gasteiger charge is -2.33. The highest BCUT2D eigenvalue weighted by atomic mass is 16.5. The fourth-order valence-corrected chi connectivity index (χ4v) is 4.67. The zero-order valence-corrected chi connectivity index (χ0v) is 20.0. The minimum Gasteiger partial charge on any atom is -0.465 e. The van der Waals surface area contributed by atoms with E-state index in [1.165, 1.54) is 0 Å². The summed E-state index contributed by atoms with van der Waals surface area (Å²) >= 11 is 0. The van der Waals surface area contributed by atoms with E-state index in [0.717, 1.165) is 44.3 Å². The van der Waals surface area contributed by atoms with Crippen LogP contribution >= 0.6 is 0 Å². The molecule has 0 bridgehead atoms. The summed E-state index contributed by atoms with van der Waals surface area (Å²) < 4.78 is 5.29. The van der Waals surface area contributed by atoms with Crippen LogP contribution in [-0.4, -0.2) is 61.5 Å². The van der Waals surface area contributed by atoms with Crippen LogP contribution in [0, 0.1) is 24.2 Å². The number of likely N-dealkylation sites (tertiary alicyclic amines) is 1. The molecule has 1 aromatic rings. The van der Waals surface area contributed by atoms with Crippen molar-refractivity contribution in [2.45, 2.75) is 57.4 Å². The van der Waals surface area contributed by atoms with Gasteiger partial charge >= 0.3 is 5.97 Å². The Balaban J connectivity index is 1.38. The van der Waals surface area contributed by atoms with E-state index in [1.54, 1.807) is 0 Å². The van der Waals surface area contributed by atoms with Crippen LogP contribution in [0.1, 0.15) is 50.5 Å². The van der Waals surface area contributed by atoms with Crippen molar-refractivity contribution >= 4 is 17.8 Å². The fourth-order valence-electron chi connectivity index (χ4n) is 4.67. The molecule has 0 spiro atoms. The molecule has 0 unspecified atom stereocenters. The average molecular weight is 468 g/mol. The third-order valence-corrected chi connectivity index (χ3v) is 6.76. The minimum absolute atomic E-state index is 0.0668. The number of rotatable bonds is 10. The van der Waals surface area contributed by atoms with Gasteiger partial charge in [-0.2, -0.15) is 0 Å². The van der Waals surface area contributed by atoms with Gasteiger partial charge in [-0.3, -0.25) is 14.4 Å². The van der Waals surface area contributed by atoms with Gasteiger partial charge in [0.15, 0.2) is 0 Å². The highest BCUT2D eigenvalue weighted by molar-refractivity contribution is 5.82. The summed E-state index contributed by atoms with van der Waals surface area (Å²) in [5.41, 5.74) is 1.09. The maximum atomic E-state index is 12.8. The Morgan fingerprint density at radius 1 is 1.18 bits per heavy atom. The molecule has 2 aliphatic heterocycles. The number of carbonyl (C=O) groups is 3. The molecule has 2 amide bonds. The van der Waals surface area contributed by atoms with Crippen molar-refractivity contribution in [2.24, 2.45) is 11.8 Å². The quantitative estimate of drug-likeness (QED) is 0.407. The van der Waals surface area contributed by atoms with E-state index in [-0.39, 0.29) is 30.8 Å². The molecule has 3 rings (SSSR count). The number of hydrogen-bond acceptors (Lipinski definition) is 5. The summed E-state index contributed by atoms with van der Waals surface area (Å²) in [6.45, 7) is 3.44. The number of hydrogen-bond donors (Lipinski definition) is 2. The average Bonchev–Trinajstić information content (AvgIpc) is 2.88. The molecule has 2 heterocycles. The van der Waals surface area contributed by atoms with Crippen molar-refractivity contribution in [2.75, 3.05) is 32.8 Å². The first-order valence-electron chi connectivity index (χ1n) is 12.5. The van der Waals surface area contributed by atoms with Crippen LogP contribution in [0.2, 0.25) is 0 Å². The van der Waals surface area contributed by atoms with Gasteiger partial charge in [-0.15, -0.1) is 6.42 Å². The molecule has 0 radical (unpaired) electrons. The third kappa shape index (κ3) is 8.49. The first-order chi connectivity index (χ1) is 16.5. The van der Waals surface area contributed by atoms with Crippen LogP contribution < -0.4 is 10.6 Å². The van der Waals surface area contributed by atoms with E-state index < -0.39 is 12.0 Å². The number of benzene rings is 1. The topological polar surface area (TPSA) is 87.7 Å². The molecule has 0 aliphatic carbocycles. The van der Waals surface area contributed by atoms with Gasteiger partial charge in [-0.1, -0.05) is 36.3 Å². The van der Waals surface area contributed by atoms with E-state index in [4.69, 9.17) is 11.2 Å². The number of ether oxygens (including phenoxy) is 1. The first-order valence-corrected chi connectivity index (χ1v) is 12.5. The van der Waals surface area contributed by atoms with Crippen LogP contribution in [0.25, 0.3) is 0 Å². The second-order valence-electron chi connectivity index (χ2n) is 9.30. The molecule has 2 fully saturated rings. The van der Waals surface area contributed by atoms with Gasteiger partial charge in [0, 0.05) is 25.9 Å². The largest absolute Gasteiger partial charge is 0.465 e. The molecule has 2 saturated heterocycles. The van der Waals surface area contributed by atoms with Crippen molar-refractivity contribution in [3.05, 3.63) is 35.9 Å². The van der Waals surface area contributed by atoms with Crippen LogP contribution in [0.3, 0.4) is 0 Å². The van der Waals surface area contributed by atoms with E-state index >= 15 is 0 Å².